The summed E-state index contributed by atoms with van der Waals surface area (Å²) in [5.74, 6) is -0.124. The topological polar surface area (TPSA) is 58.1 Å². The molecule has 0 aromatic carbocycles. The summed E-state index contributed by atoms with van der Waals surface area (Å²) in [5, 5.41) is 2.89. The van der Waals surface area contributed by atoms with Crippen LogP contribution in [0.2, 0.25) is 0 Å². The first-order valence-corrected chi connectivity index (χ1v) is 6.48. The zero-order chi connectivity index (χ0) is 14.4. The van der Waals surface area contributed by atoms with Crippen molar-refractivity contribution in [3.63, 3.8) is 0 Å². The van der Waals surface area contributed by atoms with E-state index in [1.807, 2.05) is 37.2 Å². The Balaban J connectivity index is 2.18. The molecule has 0 saturated heterocycles. The molecule has 1 amide bonds. The second kappa shape index (κ2) is 6.77. The molecule has 1 N–H and O–H groups in total. The summed E-state index contributed by atoms with van der Waals surface area (Å²) < 4.78 is 0. The fourth-order valence-electron chi connectivity index (χ4n) is 1.78. The normalized spacial score (nSPS) is 10.6. The van der Waals surface area contributed by atoms with Crippen molar-refractivity contribution in [3.05, 3.63) is 48.3 Å². The highest BCUT2D eigenvalue weighted by Crippen LogP contribution is 2.18. The molecule has 0 spiro atoms. The Hall–Kier alpha value is -2.27. The van der Waals surface area contributed by atoms with Gasteiger partial charge >= 0.3 is 0 Å². The minimum absolute atomic E-state index is 0.124. The van der Waals surface area contributed by atoms with Crippen molar-refractivity contribution < 1.29 is 4.79 Å². The summed E-state index contributed by atoms with van der Waals surface area (Å²) in [7, 11) is 3.94. The molecular formula is C15H18N4O. The molecule has 20 heavy (non-hydrogen) atoms. The number of carbonyl (C=O) groups is 1. The molecule has 0 aliphatic rings. The maximum atomic E-state index is 12.2. The van der Waals surface area contributed by atoms with Crippen LogP contribution in [-0.2, 0) is 0 Å². The summed E-state index contributed by atoms with van der Waals surface area (Å²) in [5.41, 5.74) is 1.85. The number of rotatable bonds is 5. The Morgan fingerprint density at radius 2 is 1.95 bits per heavy atom. The van der Waals surface area contributed by atoms with Crippen molar-refractivity contribution >= 4 is 5.91 Å². The molecule has 2 aromatic heterocycles. The number of carbonyl (C=O) groups excluding carboxylic acids is 1. The first-order chi connectivity index (χ1) is 9.68. The van der Waals surface area contributed by atoms with Gasteiger partial charge in [0.25, 0.3) is 5.91 Å². The molecule has 104 valence electrons. The van der Waals surface area contributed by atoms with Crippen molar-refractivity contribution in [2.45, 2.75) is 0 Å². The lowest BCUT2D eigenvalue weighted by Gasteiger charge is -2.11. The smallest absolute Gasteiger partial charge is 0.253 e. The van der Waals surface area contributed by atoms with E-state index in [2.05, 4.69) is 15.3 Å². The van der Waals surface area contributed by atoms with Crippen LogP contribution in [0.25, 0.3) is 11.4 Å². The van der Waals surface area contributed by atoms with E-state index in [1.54, 1.807) is 24.5 Å². The quantitative estimate of drug-likeness (QED) is 0.893. The van der Waals surface area contributed by atoms with Gasteiger partial charge in [-0.1, -0.05) is 6.07 Å². The molecule has 2 aromatic rings. The summed E-state index contributed by atoms with van der Waals surface area (Å²) in [6.45, 7) is 1.40. The Labute approximate surface area is 118 Å². The summed E-state index contributed by atoms with van der Waals surface area (Å²) in [6, 6.07) is 9.09. The largest absolute Gasteiger partial charge is 0.351 e. The average molecular weight is 270 g/mol. The first kappa shape index (κ1) is 14.1. The highest BCUT2D eigenvalue weighted by atomic mass is 16.1. The van der Waals surface area contributed by atoms with Crippen molar-refractivity contribution in [1.82, 2.24) is 20.2 Å². The highest BCUT2D eigenvalue weighted by Gasteiger charge is 2.13. The van der Waals surface area contributed by atoms with Gasteiger partial charge in [-0.05, 0) is 38.4 Å². The van der Waals surface area contributed by atoms with E-state index in [1.165, 1.54) is 0 Å². The van der Waals surface area contributed by atoms with E-state index >= 15 is 0 Å². The van der Waals surface area contributed by atoms with Crippen LogP contribution in [0.3, 0.4) is 0 Å². The van der Waals surface area contributed by atoms with Gasteiger partial charge in [0.2, 0.25) is 0 Å². The zero-order valence-electron chi connectivity index (χ0n) is 11.7. The van der Waals surface area contributed by atoms with Gasteiger partial charge in [-0.15, -0.1) is 0 Å². The van der Waals surface area contributed by atoms with Crippen molar-refractivity contribution in [3.8, 4) is 11.4 Å². The fraction of sp³-hybridized carbons (Fsp3) is 0.267. The second-order valence-electron chi connectivity index (χ2n) is 4.67. The lowest BCUT2D eigenvalue weighted by Crippen LogP contribution is -2.31. The molecule has 0 aliphatic carbocycles. The molecule has 0 saturated carbocycles. The van der Waals surface area contributed by atoms with E-state index in [0.717, 1.165) is 6.54 Å². The molecule has 2 heterocycles. The average Bonchev–Trinajstić information content (AvgIpc) is 2.47. The first-order valence-electron chi connectivity index (χ1n) is 6.48. The van der Waals surface area contributed by atoms with Crippen molar-refractivity contribution in [2.24, 2.45) is 0 Å². The molecule has 0 unspecified atom stereocenters. The van der Waals surface area contributed by atoms with Gasteiger partial charge in [0.1, 0.15) is 5.69 Å². The van der Waals surface area contributed by atoms with E-state index in [-0.39, 0.29) is 5.91 Å². The maximum absolute atomic E-state index is 12.2. The number of hydrogen-bond acceptors (Lipinski definition) is 4. The van der Waals surface area contributed by atoms with Crippen LogP contribution in [0.1, 0.15) is 10.4 Å². The van der Waals surface area contributed by atoms with Gasteiger partial charge < -0.3 is 10.2 Å². The molecule has 0 bridgehead atoms. The van der Waals surface area contributed by atoms with Crippen molar-refractivity contribution in [2.75, 3.05) is 27.2 Å². The van der Waals surface area contributed by atoms with E-state index in [0.29, 0.717) is 23.5 Å². The molecule has 5 nitrogen and oxygen atoms in total. The SMILES string of the molecule is CN(C)CCNC(=O)c1cccnc1-c1ccccn1. The Morgan fingerprint density at radius 1 is 1.15 bits per heavy atom. The predicted molar refractivity (Wildman–Crippen MR) is 78.4 cm³/mol. The van der Waals surface area contributed by atoms with Gasteiger partial charge in [-0.3, -0.25) is 14.8 Å². The number of nitrogens with one attached hydrogen (secondary N) is 1. The van der Waals surface area contributed by atoms with Crippen LogP contribution in [0, 0.1) is 0 Å². The molecule has 5 heteroatoms. The van der Waals surface area contributed by atoms with Crippen LogP contribution >= 0.6 is 0 Å². The Morgan fingerprint density at radius 3 is 2.65 bits per heavy atom. The summed E-state index contributed by atoms with van der Waals surface area (Å²) >= 11 is 0. The zero-order valence-corrected chi connectivity index (χ0v) is 11.7. The molecule has 0 radical (unpaired) electrons. The van der Waals surface area contributed by atoms with Gasteiger partial charge in [0, 0.05) is 25.5 Å². The van der Waals surface area contributed by atoms with Crippen molar-refractivity contribution in [1.29, 1.82) is 0 Å². The Kier molecular flexibility index (Phi) is 4.79. The van der Waals surface area contributed by atoms with Crippen LogP contribution in [0.5, 0.6) is 0 Å². The maximum Gasteiger partial charge on any atom is 0.253 e. The molecule has 0 aliphatic heterocycles. The lowest BCUT2D eigenvalue weighted by molar-refractivity contribution is 0.0951. The van der Waals surface area contributed by atoms with Crippen LogP contribution < -0.4 is 5.32 Å². The van der Waals surface area contributed by atoms with Gasteiger partial charge in [0.15, 0.2) is 0 Å². The fourth-order valence-corrected chi connectivity index (χ4v) is 1.78. The number of aromatic nitrogens is 2. The minimum Gasteiger partial charge on any atom is -0.351 e. The van der Waals surface area contributed by atoms with Gasteiger partial charge in [-0.25, -0.2) is 0 Å². The molecule has 0 fully saturated rings. The summed E-state index contributed by atoms with van der Waals surface area (Å²) in [6.07, 6.45) is 3.36. The number of nitrogens with zero attached hydrogens (tertiary/aromatic N) is 3. The van der Waals surface area contributed by atoms with Crippen LogP contribution in [-0.4, -0.2) is 48.0 Å². The third-order valence-electron chi connectivity index (χ3n) is 2.80. The van der Waals surface area contributed by atoms with Gasteiger partial charge in [0.05, 0.1) is 11.3 Å². The van der Waals surface area contributed by atoms with E-state index in [4.69, 9.17) is 0 Å². The van der Waals surface area contributed by atoms with E-state index < -0.39 is 0 Å². The number of amides is 1. The third kappa shape index (κ3) is 3.61. The third-order valence-corrected chi connectivity index (χ3v) is 2.80. The monoisotopic (exact) mass is 270 g/mol. The number of likely N-dealkylation sites (N-methyl/N-ethyl adjacent to an activating group) is 1. The van der Waals surface area contributed by atoms with Gasteiger partial charge in [-0.2, -0.15) is 0 Å². The second-order valence-corrected chi connectivity index (χ2v) is 4.67. The number of pyridine rings is 2. The van der Waals surface area contributed by atoms with Crippen LogP contribution in [0.4, 0.5) is 0 Å². The molecule has 0 atom stereocenters. The predicted octanol–water partition coefficient (Wildman–Crippen LogP) is 1.43. The summed E-state index contributed by atoms with van der Waals surface area (Å²) in [4.78, 5) is 22.8. The minimum atomic E-state index is -0.124. The highest BCUT2D eigenvalue weighted by molar-refractivity contribution is 5.99. The van der Waals surface area contributed by atoms with Crippen LogP contribution in [0.15, 0.2) is 42.7 Å². The standard InChI is InChI=1S/C15H18N4O/c1-19(2)11-10-18-15(20)12-6-5-9-17-14(12)13-7-3-4-8-16-13/h3-9H,10-11H2,1-2H3,(H,18,20). The Bertz CT molecular complexity index is 569. The van der Waals surface area contributed by atoms with E-state index in [9.17, 15) is 4.79 Å². The number of hydrogen-bond donors (Lipinski definition) is 1. The molecular weight excluding hydrogens is 252 g/mol. The molecule has 2 rings (SSSR count). The lowest BCUT2D eigenvalue weighted by atomic mass is 10.1.